The van der Waals surface area contributed by atoms with Crippen molar-refractivity contribution < 1.29 is 13.5 Å². The molecule has 1 saturated carbocycles. The Labute approximate surface area is 118 Å². The average molecular weight is 304 g/mol. The van der Waals surface area contributed by atoms with Gasteiger partial charge in [-0.3, -0.25) is 0 Å². The van der Waals surface area contributed by atoms with Crippen LogP contribution >= 0.6 is 11.6 Å². The Balaban J connectivity index is 2.11. The van der Waals surface area contributed by atoms with Crippen molar-refractivity contribution in [1.29, 1.82) is 0 Å². The Morgan fingerprint density at radius 1 is 1.26 bits per heavy atom. The first-order valence-corrected chi connectivity index (χ1v) is 8.21. The molecule has 0 atom stereocenters. The fourth-order valence-electron chi connectivity index (χ4n) is 2.22. The van der Waals surface area contributed by atoms with E-state index >= 15 is 0 Å². The van der Waals surface area contributed by atoms with Crippen LogP contribution in [0.25, 0.3) is 0 Å². The molecule has 0 aromatic heterocycles. The molecule has 1 fully saturated rings. The number of hydrogen-bond acceptors (Lipinski definition) is 3. The topological polar surface area (TPSA) is 66.4 Å². The summed E-state index contributed by atoms with van der Waals surface area (Å²) in [5.41, 5.74) is 0.849. The van der Waals surface area contributed by atoms with Crippen molar-refractivity contribution in [2.75, 3.05) is 0 Å². The molecule has 0 aliphatic heterocycles. The highest BCUT2D eigenvalue weighted by Crippen LogP contribution is 2.23. The first-order chi connectivity index (χ1) is 8.88. The van der Waals surface area contributed by atoms with Crippen LogP contribution in [0.2, 0.25) is 5.02 Å². The van der Waals surface area contributed by atoms with E-state index in [1.165, 1.54) is 6.07 Å². The molecule has 106 valence electrons. The van der Waals surface area contributed by atoms with Gasteiger partial charge in [-0.25, -0.2) is 13.1 Å². The third-order valence-electron chi connectivity index (χ3n) is 3.47. The molecule has 0 heterocycles. The van der Waals surface area contributed by atoms with Gasteiger partial charge in [-0.15, -0.1) is 0 Å². The number of aliphatic hydroxyl groups is 1. The Morgan fingerprint density at radius 2 is 1.89 bits per heavy atom. The molecule has 1 aliphatic rings. The minimum Gasteiger partial charge on any atom is -0.393 e. The number of sulfonamides is 1. The highest BCUT2D eigenvalue weighted by Gasteiger charge is 2.24. The summed E-state index contributed by atoms with van der Waals surface area (Å²) >= 11 is 5.96. The third-order valence-corrected chi connectivity index (χ3v) is 5.40. The van der Waals surface area contributed by atoms with Gasteiger partial charge in [0.25, 0.3) is 0 Å². The lowest BCUT2D eigenvalue weighted by molar-refractivity contribution is 0.120. The van der Waals surface area contributed by atoms with Crippen LogP contribution in [-0.4, -0.2) is 25.7 Å². The van der Waals surface area contributed by atoms with Gasteiger partial charge in [0, 0.05) is 11.1 Å². The molecule has 0 amide bonds. The zero-order valence-corrected chi connectivity index (χ0v) is 12.3. The van der Waals surface area contributed by atoms with Crippen molar-refractivity contribution in [3.63, 3.8) is 0 Å². The zero-order valence-electron chi connectivity index (χ0n) is 10.8. The molecule has 0 unspecified atom stereocenters. The van der Waals surface area contributed by atoms with E-state index in [2.05, 4.69) is 4.72 Å². The fourth-order valence-corrected chi connectivity index (χ4v) is 3.80. The van der Waals surface area contributed by atoms with Crippen molar-refractivity contribution in [3.8, 4) is 0 Å². The van der Waals surface area contributed by atoms with Gasteiger partial charge in [0.1, 0.15) is 0 Å². The lowest BCUT2D eigenvalue weighted by Gasteiger charge is -2.26. The lowest BCUT2D eigenvalue weighted by atomic mass is 9.94. The van der Waals surface area contributed by atoms with E-state index in [1.54, 1.807) is 12.1 Å². The normalized spacial score (nSPS) is 24.4. The van der Waals surface area contributed by atoms with Crippen LogP contribution in [0.4, 0.5) is 0 Å². The van der Waals surface area contributed by atoms with Gasteiger partial charge in [0.15, 0.2) is 0 Å². The largest absolute Gasteiger partial charge is 0.393 e. The highest BCUT2D eigenvalue weighted by molar-refractivity contribution is 7.89. The van der Waals surface area contributed by atoms with Crippen molar-refractivity contribution in [3.05, 3.63) is 28.8 Å². The third kappa shape index (κ3) is 3.69. The number of nitrogens with one attached hydrogen (secondary N) is 1. The van der Waals surface area contributed by atoms with Gasteiger partial charge < -0.3 is 5.11 Å². The van der Waals surface area contributed by atoms with Crippen molar-refractivity contribution in [1.82, 2.24) is 4.72 Å². The SMILES string of the molecule is Cc1ccc(S(=O)(=O)NC2CCC(O)CC2)cc1Cl. The summed E-state index contributed by atoms with van der Waals surface area (Å²) in [5.74, 6) is 0. The predicted molar refractivity (Wildman–Crippen MR) is 74.8 cm³/mol. The quantitative estimate of drug-likeness (QED) is 0.900. The van der Waals surface area contributed by atoms with Gasteiger partial charge in [0.2, 0.25) is 10.0 Å². The first-order valence-electron chi connectivity index (χ1n) is 6.35. The average Bonchev–Trinajstić information content (AvgIpc) is 2.35. The standard InChI is InChI=1S/C13H18ClNO3S/c1-9-2-7-12(8-13(9)14)19(17,18)15-10-3-5-11(16)6-4-10/h2,7-8,10-11,15-16H,3-6H2,1H3. The van der Waals surface area contributed by atoms with E-state index in [1.807, 2.05) is 6.92 Å². The Morgan fingerprint density at radius 3 is 2.47 bits per heavy atom. The maximum Gasteiger partial charge on any atom is 0.240 e. The molecule has 4 nitrogen and oxygen atoms in total. The monoisotopic (exact) mass is 303 g/mol. The molecule has 0 bridgehead atoms. The van der Waals surface area contributed by atoms with E-state index in [0.717, 1.165) is 5.56 Å². The molecule has 1 aromatic carbocycles. The molecule has 0 radical (unpaired) electrons. The molecule has 0 spiro atoms. The second-order valence-corrected chi connectivity index (χ2v) is 7.16. The van der Waals surface area contributed by atoms with Gasteiger partial charge in [-0.05, 0) is 50.3 Å². The number of benzene rings is 1. The summed E-state index contributed by atoms with van der Waals surface area (Å²) < 4.78 is 27.1. The smallest absolute Gasteiger partial charge is 0.240 e. The van der Waals surface area contributed by atoms with Gasteiger partial charge in [0.05, 0.1) is 11.0 Å². The maximum absolute atomic E-state index is 12.2. The molecule has 19 heavy (non-hydrogen) atoms. The summed E-state index contributed by atoms with van der Waals surface area (Å²) in [6.07, 6.45) is 2.32. The number of hydrogen-bond donors (Lipinski definition) is 2. The van der Waals surface area contributed by atoms with E-state index in [-0.39, 0.29) is 17.0 Å². The summed E-state index contributed by atoms with van der Waals surface area (Å²) in [5, 5.41) is 9.86. The Kier molecular flexibility index (Phi) is 4.50. The number of aliphatic hydroxyl groups excluding tert-OH is 1. The van der Waals surface area contributed by atoms with Crippen LogP contribution in [-0.2, 0) is 10.0 Å². The number of rotatable bonds is 3. The maximum atomic E-state index is 12.2. The summed E-state index contributed by atoms with van der Waals surface area (Å²) in [6.45, 7) is 1.83. The second-order valence-electron chi connectivity index (χ2n) is 5.04. The van der Waals surface area contributed by atoms with Crippen LogP contribution in [0.5, 0.6) is 0 Å². The Hall–Kier alpha value is -0.620. The molecular formula is C13H18ClNO3S. The van der Waals surface area contributed by atoms with E-state index < -0.39 is 10.0 Å². The molecule has 1 aliphatic carbocycles. The molecular weight excluding hydrogens is 286 g/mol. The van der Waals surface area contributed by atoms with E-state index in [0.29, 0.717) is 30.7 Å². The molecule has 2 N–H and O–H groups in total. The Bertz CT molecular complexity index is 551. The first kappa shape index (κ1) is 14.8. The van der Waals surface area contributed by atoms with Crippen LogP contribution in [0.1, 0.15) is 31.2 Å². The van der Waals surface area contributed by atoms with E-state index in [4.69, 9.17) is 11.6 Å². The summed E-state index contributed by atoms with van der Waals surface area (Å²) in [6, 6.07) is 4.62. The van der Waals surface area contributed by atoms with Crippen molar-refractivity contribution in [2.45, 2.75) is 49.6 Å². The second kappa shape index (κ2) is 5.79. The van der Waals surface area contributed by atoms with Gasteiger partial charge >= 0.3 is 0 Å². The van der Waals surface area contributed by atoms with Gasteiger partial charge in [-0.1, -0.05) is 17.7 Å². The minimum absolute atomic E-state index is 0.103. The summed E-state index contributed by atoms with van der Waals surface area (Å²) in [7, 11) is -3.53. The molecule has 2 rings (SSSR count). The molecule has 1 aromatic rings. The fraction of sp³-hybridized carbons (Fsp3) is 0.538. The van der Waals surface area contributed by atoms with Crippen LogP contribution in [0, 0.1) is 6.92 Å². The van der Waals surface area contributed by atoms with Crippen molar-refractivity contribution >= 4 is 21.6 Å². The number of aryl methyl sites for hydroxylation is 1. The van der Waals surface area contributed by atoms with Gasteiger partial charge in [-0.2, -0.15) is 0 Å². The van der Waals surface area contributed by atoms with E-state index in [9.17, 15) is 13.5 Å². The molecule has 0 saturated heterocycles. The predicted octanol–water partition coefficient (Wildman–Crippen LogP) is 2.23. The lowest BCUT2D eigenvalue weighted by Crippen LogP contribution is -2.38. The zero-order chi connectivity index (χ0) is 14.0. The molecule has 6 heteroatoms. The summed E-state index contributed by atoms with van der Waals surface area (Å²) in [4.78, 5) is 0.189. The van der Waals surface area contributed by atoms with Crippen LogP contribution in [0.15, 0.2) is 23.1 Å². The van der Waals surface area contributed by atoms with Crippen LogP contribution < -0.4 is 4.72 Å². The van der Waals surface area contributed by atoms with Crippen molar-refractivity contribution in [2.24, 2.45) is 0 Å². The highest BCUT2D eigenvalue weighted by atomic mass is 35.5. The number of halogens is 1. The minimum atomic E-state index is -3.53. The van der Waals surface area contributed by atoms with Crippen LogP contribution in [0.3, 0.4) is 0 Å².